The standard InChI is InChI=1S/C29H32F4N2O9S/c1-28(27(38)39)9-6-17(7-10-28)44-24-13-19(23(42-2)14-21(24)30)25(36)35-22-8-11-43-15-20(22)26(37)34-16-4-3-5-18(12-16)45(40,41)29(31,32)33/h3-5,12-14,17,20,22H,6-11,15H2,1-2H3,(H,34,37)(H,35,36)(H,38,39)/t17-,20-,22+,28+/m0/s1. The first-order valence-corrected chi connectivity index (χ1v) is 15.4. The molecule has 1 aliphatic carbocycles. The highest BCUT2D eigenvalue weighted by atomic mass is 32.2. The quantitative estimate of drug-likeness (QED) is 0.334. The molecule has 2 aliphatic rings. The number of carbonyl (C=O) groups excluding carboxylic acids is 2. The van der Waals surface area contributed by atoms with E-state index < -0.39 is 67.3 Å². The monoisotopic (exact) mass is 660 g/mol. The maximum absolute atomic E-state index is 14.9. The zero-order valence-electron chi connectivity index (χ0n) is 24.3. The van der Waals surface area contributed by atoms with Crippen LogP contribution in [0, 0.1) is 17.2 Å². The Morgan fingerprint density at radius 2 is 1.76 bits per heavy atom. The molecule has 1 heterocycles. The third-order valence-electron chi connectivity index (χ3n) is 8.07. The number of carbonyl (C=O) groups is 3. The van der Waals surface area contributed by atoms with Gasteiger partial charge in [0, 0.05) is 24.4 Å². The van der Waals surface area contributed by atoms with Crippen molar-refractivity contribution in [2.45, 2.75) is 61.6 Å². The summed E-state index contributed by atoms with van der Waals surface area (Å²) in [5.74, 6) is -4.58. The lowest BCUT2D eigenvalue weighted by Crippen LogP contribution is -2.50. The average Bonchev–Trinajstić information content (AvgIpc) is 2.98. The van der Waals surface area contributed by atoms with Gasteiger partial charge in [0.15, 0.2) is 11.6 Å². The Labute approximate surface area is 256 Å². The lowest BCUT2D eigenvalue weighted by Gasteiger charge is -2.34. The maximum Gasteiger partial charge on any atom is 0.501 e. The number of hydrogen-bond donors (Lipinski definition) is 3. The summed E-state index contributed by atoms with van der Waals surface area (Å²) in [6, 6.07) is 4.99. The second-order valence-electron chi connectivity index (χ2n) is 11.2. The van der Waals surface area contributed by atoms with Crippen LogP contribution in [0.15, 0.2) is 41.3 Å². The van der Waals surface area contributed by atoms with Crippen molar-refractivity contribution in [3.63, 3.8) is 0 Å². The van der Waals surface area contributed by atoms with Crippen LogP contribution in [0.25, 0.3) is 0 Å². The maximum atomic E-state index is 14.9. The summed E-state index contributed by atoms with van der Waals surface area (Å²) in [4.78, 5) is 37.0. The van der Waals surface area contributed by atoms with E-state index in [9.17, 15) is 45.5 Å². The zero-order chi connectivity index (χ0) is 33.2. The molecule has 0 spiro atoms. The number of alkyl halides is 3. The van der Waals surface area contributed by atoms with Crippen LogP contribution < -0.4 is 20.1 Å². The minimum atomic E-state index is -5.65. The van der Waals surface area contributed by atoms with Gasteiger partial charge in [-0.25, -0.2) is 12.8 Å². The van der Waals surface area contributed by atoms with E-state index in [0.717, 1.165) is 24.3 Å². The van der Waals surface area contributed by atoms with Gasteiger partial charge in [0.2, 0.25) is 5.91 Å². The van der Waals surface area contributed by atoms with Crippen LogP contribution in [0.4, 0.5) is 23.2 Å². The molecular weight excluding hydrogens is 628 g/mol. The second-order valence-corrected chi connectivity index (χ2v) is 13.1. The van der Waals surface area contributed by atoms with E-state index in [1.807, 2.05) is 0 Å². The van der Waals surface area contributed by atoms with Crippen LogP contribution in [0.1, 0.15) is 49.4 Å². The number of halogens is 4. The summed E-state index contributed by atoms with van der Waals surface area (Å²) in [5.41, 5.74) is -6.75. The molecule has 0 aromatic heterocycles. The topological polar surface area (TPSA) is 157 Å². The predicted molar refractivity (Wildman–Crippen MR) is 150 cm³/mol. The van der Waals surface area contributed by atoms with Gasteiger partial charge in [-0.3, -0.25) is 14.4 Å². The third-order valence-corrected chi connectivity index (χ3v) is 9.55. The number of hydrogen-bond acceptors (Lipinski definition) is 8. The third kappa shape index (κ3) is 7.49. The highest BCUT2D eigenvalue weighted by Gasteiger charge is 2.47. The van der Waals surface area contributed by atoms with Crippen molar-refractivity contribution in [3.05, 3.63) is 47.8 Å². The highest BCUT2D eigenvalue weighted by Crippen LogP contribution is 2.39. The molecule has 0 bridgehead atoms. The van der Waals surface area contributed by atoms with Gasteiger partial charge < -0.3 is 30.0 Å². The molecule has 2 aromatic rings. The second kappa shape index (κ2) is 13.2. The van der Waals surface area contributed by atoms with Crippen molar-refractivity contribution in [3.8, 4) is 11.5 Å². The van der Waals surface area contributed by atoms with E-state index in [2.05, 4.69) is 10.6 Å². The number of nitrogens with one attached hydrogen (secondary N) is 2. The van der Waals surface area contributed by atoms with Crippen LogP contribution in [0.2, 0.25) is 0 Å². The molecule has 16 heteroatoms. The number of ether oxygens (including phenoxy) is 3. The molecule has 2 amide bonds. The molecule has 3 N–H and O–H groups in total. The van der Waals surface area contributed by atoms with Gasteiger partial charge in [0.25, 0.3) is 15.7 Å². The molecule has 2 fully saturated rings. The first-order valence-electron chi connectivity index (χ1n) is 13.9. The number of benzene rings is 2. The van der Waals surface area contributed by atoms with Gasteiger partial charge in [0.1, 0.15) is 5.75 Å². The van der Waals surface area contributed by atoms with Crippen molar-refractivity contribution >= 4 is 33.3 Å². The van der Waals surface area contributed by atoms with Crippen molar-refractivity contribution < 1.29 is 59.7 Å². The largest absolute Gasteiger partial charge is 0.501 e. The van der Waals surface area contributed by atoms with E-state index in [1.165, 1.54) is 13.2 Å². The number of rotatable bonds is 9. The molecule has 1 saturated heterocycles. The van der Waals surface area contributed by atoms with Gasteiger partial charge in [-0.05, 0) is 63.3 Å². The van der Waals surface area contributed by atoms with Crippen LogP contribution in [-0.2, 0) is 24.2 Å². The van der Waals surface area contributed by atoms with Gasteiger partial charge >= 0.3 is 11.5 Å². The normalized spacial score (nSPS) is 23.9. The number of carboxylic acid groups (broad SMARTS) is 1. The van der Waals surface area contributed by atoms with Gasteiger partial charge in [0.05, 0.1) is 41.6 Å². The fraction of sp³-hybridized carbons (Fsp3) is 0.483. The molecule has 1 saturated carbocycles. The minimum absolute atomic E-state index is 0.101. The Balaban J connectivity index is 1.48. The van der Waals surface area contributed by atoms with Gasteiger partial charge in [-0.15, -0.1) is 0 Å². The summed E-state index contributed by atoms with van der Waals surface area (Å²) >= 11 is 0. The Hall–Kier alpha value is -3.92. The number of carboxylic acids is 1. The highest BCUT2D eigenvalue weighted by molar-refractivity contribution is 7.92. The lowest BCUT2D eigenvalue weighted by atomic mass is 9.75. The van der Waals surface area contributed by atoms with Crippen molar-refractivity contribution in [1.29, 1.82) is 0 Å². The van der Waals surface area contributed by atoms with Crippen molar-refractivity contribution in [2.75, 3.05) is 25.6 Å². The number of anilines is 1. The van der Waals surface area contributed by atoms with Crippen LogP contribution in [-0.4, -0.2) is 69.3 Å². The van der Waals surface area contributed by atoms with E-state index in [0.29, 0.717) is 31.7 Å². The summed E-state index contributed by atoms with van der Waals surface area (Å²) in [6.45, 7) is 1.64. The molecule has 0 unspecified atom stereocenters. The lowest BCUT2D eigenvalue weighted by molar-refractivity contribution is -0.150. The summed E-state index contributed by atoms with van der Waals surface area (Å²) in [7, 11) is -4.42. The molecule has 2 atom stereocenters. The minimum Gasteiger partial charge on any atom is -0.496 e. The van der Waals surface area contributed by atoms with Crippen molar-refractivity contribution in [1.82, 2.24) is 5.32 Å². The fourth-order valence-electron chi connectivity index (χ4n) is 5.24. The average molecular weight is 661 g/mol. The molecular formula is C29H32F4N2O9S. The van der Waals surface area contributed by atoms with E-state index >= 15 is 0 Å². The molecule has 45 heavy (non-hydrogen) atoms. The zero-order valence-corrected chi connectivity index (χ0v) is 25.1. The Bertz CT molecular complexity index is 1560. The number of methoxy groups -OCH3 is 1. The number of sulfone groups is 1. The predicted octanol–water partition coefficient (Wildman–Crippen LogP) is 4.31. The first-order chi connectivity index (χ1) is 21.1. The fourth-order valence-corrected chi connectivity index (χ4v) is 6.04. The summed E-state index contributed by atoms with van der Waals surface area (Å²) < 4.78 is 93.9. The molecule has 1 aliphatic heterocycles. The van der Waals surface area contributed by atoms with E-state index in [4.69, 9.17) is 14.2 Å². The molecule has 4 rings (SSSR count). The first kappa shape index (κ1) is 34.0. The SMILES string of the molecule is COc1cc(F)c(O[C@H]2CC[C@@](C)(C(=O)O)CC2)cc1C(=O)N[C@@H]1CCOC[C@@H]1C(=O)Nc1cccc(S(=O)(=O)C(F)(F)F)c1. The van der Waals surface area contributed by atoms with Gasteiger partial charge in [-0.2, -0.15) is 13.2 Å². The van der Waals surface area contributed by atoms with E-state index in [-0.39, 0.29) is 42.4 Å². The van der Waals surface area contributed by atoms with Crippen LogP contribution >= 0.6 is 0 Å². The Morgan fingerprint density at radius 1 is 1.07 bits per heavy atom. The van der Waals surface area contributed by atoms with Crippen molar-refractivity contribution in [2.24, 2.45) is 11.3 Å². The molecule has 11 nitrogen and oxygen atoms in total. The summed E-state index contributed by atoms with van der Waals surface area (Å²) in [6.07, 6.45) is 1.06. The smallest absolute Gasteiger partial charge is 0.496 e. The molecule has 0 radical (unpaired) electrons. The molecule has 246 valence electrons. The Morgan fingerprint density at radius 3 is 2.38 bits per heavy atom. The van der Waals surface area contributed by atoms with E-state index in [1.54, 1.807) is 6.92 Å². The number of aliphatic carboxylic acids is 1. The van der Waals surface area contributed by atoms with Crippen LogP contribution in [0.3, 0.4) is 0 Å². The van der Waals surface area contributed by atoms with Crippen LogP contribution in [0.5, 0.6) is 11.5 Å². The number of amides is 2. The van der Waals surface area contributed by atoms with Gasteiger partial charge in [-0.1, -0.05) is 6.07 Å². The Kier molecular flexibility index (Phi) is 9.97. The molecule has 2 aromatic carbocycles. The summed E-state index contributed by atoms with van der Waals surface area (Å²) in [5, 5.41) is 14.5.